The Labute approximate surface area is 174 Å². The van der Waals surface area contributed by atoms with Crippen LogP contribution in [0.2, 0.25) is 0 Å². The van der Waals surface area contributed by atoms with Crippen molar-refractivity contribution in [1.29, 1.82) is 0 Å². The first-order valence-corrected chi connectivity index (χ1v) is 10.1. The zero-order valence-electron chi connectivity index (χ0n) is 18.5. The summed E-state index contributed by atoms with van der Waals surface area (Å²) in [6, 6.07) is 10.2. The van der Waals surface area contributed by atoms with E-state index in [1.54, 1.807) is 11.9 Å². The topological polar surface area (TPSA) is 74.6 Å². The molecule has 1 heterocycles. The van der Waals surface area contributed by atoms with E-state index in [0.717, 1.165) is 17.7 Å². The first-order chi connectivity index (χ1) is 13.8. The van der Waals surface area contributed by atoms with Gasteiger partial charge >= 0.3 is 0 Å². The molecule has 29 heavy (non-hydrogen) atoms. The lowest BCUT2D eigenvalue weighted by atomic mass is 10.1. The maximum atomic E-state index is 12.4. The molecule has 1 atom stereocenters. The van der Waals surface area contributed by atoms with Crippen LogP contribution in [0, 0.1) is 13.8 Å². The molecule has 0 aliphatic carbocycles. The van der Waals surface area contributed by atoms with Gasteiger partial charge in [-0.3, -0.25) is 14.5 Å². The van der Waals surface area contributed by atoms with E-state index in [0.29, 0.717) is 25.5 Å². The van der Waals surface area contributed by atoms with Crippen molar-refractivity contribution < 1.29 is 4.79 Å². The van der Waals surface area contributed by atoms with E-state index < -0.39 is 0 Å². The van der Waals surface area contributed by atoms with Gasteiger partial charge in [0.05, 0.1) is 5.69 Å². The van der Waals surface area contributed by atoms with Crippen molar-refractivity contribution in [2.75, 3.05) is 20.6 Å². The summed E-state index contributed by atoms with van der Waals surface area (Å²) >= 11 is 0. The summed E-state index contributed by atoms with van der Waals surface area (Å²) in [6.45, 7) is 7.41. The number of amides is 1. The second kappa shape index (κ2) is 10.6. The number of aliphatic imine (C=N–C) groups is 1. The van der Waals surface area contributed by atoms with Gasteiger partial charge in [0.1, 0.15) is 0 Å². The number of hydrogen-bond donors (Lipinski definition) is 2. The Morgan fingerprint density at radius 1 is 1.28 bits per heavy atom. The van der Waals surface area contributed by atoms with Gasteiger partial charge in [-0.05, 0) is 38.3 Å². The molecule has 1 aromatic carbocycles. The first kappa shape index (κ1) is 22.5. The number of carbonyl (C=O) groups excluding carboxylic acids is 1. The SMILES string of the molecule is CN=C(NCCC(=O)N(C)Cc1ccccc1)NC(C)Cc1c(C)nn(C)c1C. The minimum absolute atomic E-state index is 0.103. The third kappa shape index (κ3) is 6.62. The highest BCUT2D eigenvalue weighted by atomic mass is 16.2. The summed E-state index contributed by atoms with van der Waals surface area (Å²) in [6.07, 6.45) is 1.28. The molecule has 1 unspecified atom stereocenters. The van der Waals surface area contributed by atoms with Gasteiger partial charge in [0.2, 0.25) is 5.91 Å². The second-order valence-corrected chi connectivity index (χ2v) is 7.51. The number of aromatic nitrogens is 2. The van der Waals surface area contributed by atoms with E-state index in [-0.39, 0.29) is 11.9 Å². The first-order valence-electron chi connectivity index (χ1n) is 10.1. The minimum Gasteiger partial charge on any atom is -0.356 e. The molecule has 158 valence electrons. The molecule has 0 bridgehead atoms. The number of rotatable bonds is 8. The molecular formula is C22H34N6O. The molecule has 0 spiro atoms. The van der Waals surface area contributed by atoms with Crippen molar-refractivity contribution in [1.82, 2.24) is 25.3 Å². The van der Waals surface area contributed by atoms with E-state index >= 15 is 0 Å². The molecule has 0 radical (unpaired) electrons. The average molecular weight is 399 g/mol. The van der Waals surface area contributed by atoms with Gasteiger partial charge in [0, 0.05) is 52.4 Å². The zero-order chi connectivity index (χ0) is 21.4. The Morgan fingerprint density at radius 2 is 1.97 bits per heavy atom. The highest BCUT2D eigenvalue weighted by molar-refractivity contribution is 5.81. The van der Waals surface area contributed by atoms with Crippen LogP contribution in [0.4, 0.5) is 0 Å². The number of nitrogens with zero attached hydrogens (tertiary/aromatic N) is 4. The molecule has 2 N–H and O–H groups in total. The Kier molecular flexibility index (Phi) is 8.24. The van der Waals surface area contributed by atoms with Crippen molar-refractivity contribution in [2.45, 2.75) is 46.2 Å². The number of aryl methyl sites for hydroxylation is 2. The van der Waals surface area contributed by atoms with Gasteiger partial charge < -0.3 is 15.5 Å². The maximum absolute atomic E-state index is 12.4. The predicted molar refractivity (Wildman–Crippen MR) is 118 cm³/mol. The van der Waals surface area contributed by atoms with Crippen LogP contribution in [0.5, 0.6) is 0 Å². The van der Waals surface area contributed by atoms with E-state index in [1.165, 1.54) is 11.3 Å². The molecule has 7 heteroatoms. The van der Waals surface area contributed by atoms with Crippen molar-refractivity contribution in [3.8, 4) is 0 Å². The van der Waals surface area contributed by atoms with E-state index in [2.05, 4.69) is 34.6 Å². The molecule has 2 aromatic rings. The minimum atomic E-state index is 0.103. The summed E-state index contributed by atoms with van der Waals surface area (Å²) in [5, 5.41) is 11.1. The molecule has 0 aliphatic heterocycles. The Bertz CT molecular complexity index is 827. The lowest BCUT2D eigenvalue weighted by Crippen LogP contribution is -2.44. The number of benzene rings is 1. The molecule has 7 nitrogen and oxygen atoms in total. The molecule has 0 fully saturated rings. The smallest absolute Gasteiger partial charge is 0.224 e. The molecule has 0 saturated heterocycles. The van der Waals surface area contributed by atoms with Crippen LogP contribution in [0.15, 0.2) is 35.3 Å². The fourth-order valence-electron chi connectivity index (χ4n) is 3.32. The van der Waals surface area contributed by atoms with Gasteiger partial charge in [-0.15, -0.1) is 0 Å². The maximum Gasteiger partial charge on any atom is 0.224 e. The van der Waals surface area contributed by atoms with Crippen molar-refractivity contribution in [3.05, 3.63) is 52.8 Å². The van der Waals surface area contributed by atoms with E-state index in [1.807, 2.05) is 56.0 Å². The summed E-state index contributed by atoms with van der Waals surface area (Å²) in [7, 11) is 5.55. The third-order valence-electron chi connectivity index (χ3n) is 5.10. The van der Waals surface area contributed by atoms with Crippen LogP contribution >= 0.6 is 0 Å². The van der Waals surface area contributed by atoms with Crippen molar-refractivity contribution in [2.24, 2.45) is 12.0 Å². The molecule has 0 aliphatic rings. The third-order valence-corrected chi connectivity index (χ3v) is 5.10. The fraction of sp³-hybridized carbons (Fsp3) is 0.500. The molecule has 2 rings (SSSR count). The zero-order valence-corrected chi connectivity index (χ0v) is 18.5. The van der Waals surface area contributed by atoms with Crippen LogP contribution < -0.4 is 10.6 Å². The van der Waals surface area contributed by atoms with Gasteiger partial charge in [0.15, 0.2) is 5.96 Å². The molecule has 0 saturated carbocycles. The van der Waals surface area contributed by atoms with Gasteiger partial charge in [0.25, 0.3) is 0 Å². The van der Waals surface area contributed by atoms with E-state index in [4.69, 9.17) is 0 Å². The largest absolute Gasteiger partial charge is 0.356 e. The Morgan fingerprint density at radius 3 is 2.55 bits per heavy atom. The van der Waals surface area contributed by atoms with Crippen LogP contribution in [0.25, 0.3) is 0 Å². The van der Waals surface area contributed by atoms with Crippen molar-refractivity contribution in [3.63, 3.8) is 0 Å². The van der Waals surface area contributed by atoms with Gasteiger partial charge in [-0.25, -0.2) is 0 Å². The van der Waals surface area contributed by atoms with Gasteiger partial charge in [-0.1, -0.05) is 30.3 Å². The van der Waals surface area contributed by atoms with E-state index in [9.17, 15) is 4.79 Å². The monoisotopic (exact) mass is 398 g/mol. The number of nitrogens with one attached hydrogen (secondary N) is 2. The number of guanidine groups is 1. The summed E-state index contributed by atoms with van der Waals surface area (Å²) < 4.78 is 1.92. The quantitative estimate of drug-likeness (QED) is 0.528. The molecular weight excluding hydrogens is 364 g/mol. The summed E-state index contributed by atoms with van der Waals surface area (Å²) in [4.78, 5) is 18.4. The lowest BCUT2D eigenvalue weighted by molar-refractivity contribution is -0.130. The average Bonchev–Trinajstić information content (AvgIpc) is 2.93. The van der Waals surface area contributed by atoms with Crippen LogP contribution in [-0.2, 0) is 24.8 Å². The molecule has 1 amide bonds. The highest BCUT2D eigenvalue weighted by Gasteiger charge is 2.14. The van der Waals surface area contributed by atoms with Gasteiger partial charge in [-0.2, -0.15) is 5.10 Å². The van der Waals surface area contributed by atoms with Crippen LogP contribution in [-0.4, -0.2) is 53.2 Å². The molecule has 1 aromatic heterocycles. The number of hydrogen-bond acceptors (Lipinski definition) is 3. The predicted octanol–water partition coefficient (Wildman–Crippen LogP) is 2.18. The fourth-order valence-corrected chi connectivity index (χ4v) is 3.32. The van der Waals surface area contributed by atoms with Crippen molar-refractivity contribution >= 4 is 11.9 Å². The normalized spacial score (nSPS) is 12.6. The summed E-state index contributed by atoms with van der Waals surface area (Å²) in [5.41, 5.74) is 4.64. The highest BCUT2D eigenvalue weighted by Crippen LogP contribution is 2.14. The standard InChI is InChI=1S/C22H34N6O/c1-16(14-20-17(2)26-28(6)18(20)3)25-22(23-4)24-13-12-21(29)27(5)15-19-10-8-7-9-11-19/h7-11,16H,12-15H2,1-6H3,(H2,23,24,25). The lowest BCUT2D eigenvalue weighted by Gasteiger charge is -2.20. The Hall–Kier alpha value is -2.83. The van der Waals surface area contributed by atoms with Crippen LogP contribution in [0.3, 0.4) is 0 Å². The Balaban J connectivity index is 1.77. The summed E-state index contributed by atoms with van der Waals surface area (Å²) in [5.74, 6) is 0.807. The van der Waals surface area contributed by atoms with Crippen LogP contribution in [0.1, 0.15) is 35.9 Å². The second-order valence-electron chi connectivity index (χ2n) is 7.51. The number of carbonyl (C=O) groups is 1.